The summed E-state index contributed by atoms with van der Waals surface area (Å²) < 4.78 is 0. The van der Waals surface area contributed by atoms with Crippen molar-refractivity contribution in [3.05, 3.63) is 48.5 Å². The van der Waals surface area contributed by atoms with Gasteiger partial charge in [0.25, 0.3) is 5.91 Å². The minimum absolute atomic E-state index is 0.245. The first-order chi connectivity index (χ1) is 9.25. The zero-order valence-electron chi connectivity index (χ0n) is 10.0. The average molecular weight is 256 g/mol. The second-order valence-corrected chi connectivity index (χ2v) is 4.29. The number of imide groups is 1. The lowest BCUT2D eigenvalue weighted by Crippen LogP contribution is -2.32. The fourth-order valence-corrected chi connectivity index (χ4v) is 2.11. The van der Waals surface area contributed by atoms with Gasteiger partial charge in [0.2, 0.25) is 0 Å². The molecule has 0 radical (unpaired) electrons. The van der Waals surface area contributed by atoms with E-state index in [0.29, 0.717) is 12.1 Å². The largest absolute Gasteiger partial charge is 0.348 e. The van der Waals surface area contributed by atoms with Crippen LogP contribution in [0.1, 0.15) is 5.69 Å². The maximum Gasteiger partial charge on any atom is 0.329 e. The summed E-state index contributed by atoms with van der Waals surface area (Å²) >= 11 is 0. The van der Waals surface area contributed by atoms with E-state index < -0.39 is 6.04 Å². The summed E-state index contributed by atoms with van der Waals surface area (Å²) in [5.41, 5.74) is 1.39. The third-order valence-electron chi connectivity index (χ3n) is 3.01. The number of aromatic nitrogens is 2. The van der Waals surface area contributed by atoms with Gasteiger partial charge in [0, 0.05) is 18.3 Å². The second-order valence-electron chi connectivity index (χ2n) is 4.29. The van der Waals surface area contributed by atoms with E-state index in [9.17, 15) is 9.59 Å². The van der Waals surface area contributed by atoms with Crippen molar-refractivity contribution in [2.75, 3.05) is 4.90 Å². The first-order valence-corrected chi connectivity index (χ1v) is 5.92. The van der Waals surface area contributed by atoms with Gasteiger partial charge in [-0.05, 0) is 12.1 Å². The number of hydrogen-bond donors (Lipinski definition) is 2. The van der Waals surface area contributed by atoms with Gasteiger partial charge in [-0.3, -0.25) is 4.79 Å². The number of urea groups is 1. The SMILES string of the molecule is O=C1NC(Cc2cnc[nH]2)C(=O)N1c1ccccc1. The highest BCUT2D eigenvalue weighted by molar-refractivity contribution is 6.21. The van der Waals surface area contributed by atoms with Crippen molar-refractivity contribution in [3.8, 4) is 0 Å². The van der Waals surface area contributed by atoms with E-state index >= 15 is 0 Å². The summed E-state index contributed by atoms with van der Waals surface area (Å²) in [6, 6.07) is 7.95. The Balaban J connectivity index is 1.82. The van der Waals surface area contributed by atoms with Gasteiger partial charge >= 0.3 is 6.03 Å². The van der Waals surface area contributed by atoms with Gasteiger partial charge in [-0.1, -0.05) is 18.2 Å². The Morgan fingerprint density at radius 2 is 2.00 bits per heavy atom. The van der Waals surface area contributed by atoms with Gasteiger partial charge in [0.05, 0.1) is 12.0 Å². The Morgan fingerprint density at radius 1 is 1.21 bits per heavy atom. The molecular formula is C13H12N4O2. The Bertz CT molecular complexity index is 594. The lowest BCUT2D eigenvalue weighted by atomic mass is 10.1. The van der Waals surface area contributed by atoms with E-state index in [1.165, 1.54) is 4.90 Å². The number of nitrogens with zero attached hydrogens (tertiary/aromatic N) is 2. The maximum absolute atomic E-state index is 12.3. The van der Waals surface area contributed by atoms with E-state index in [2.05, 4.69) is 15.3 Å². The van der Waals surface area contributed by atoms with E-state index in [4.69, 9.17) is 0 Å². The maximum atomic E-state index is 12.3. The molecule has 2 heterocycles. The lowest BCUT2D eigenvalue weighted by molar-refractivity contribution is -0.118. The number of H-pyrrole nitrogens is 1. The van der Waals surface area contributed by atoms with Crippen LogP contribution in [0.3, 0.4) is 0 Å². The molecule has 1 aliphatic heterocycles. The summed E-state index contributed by atoms with van der Waals surface area (Å²) in [4.78, 5) is 32.1. The van der Waals surface area contributed by atoms with Crippen molar-refractivity contribution in [3.63, 3.8) is 0 Å². The highest BCUT2D eigenvalue weighted by Crippen LogP contribution is 2.20. The summed E-state index contributed by atoms with van der Waals surface area (Å²) in [6.07, 6.45) is 3.60. The number of aromatic amines is 1. The molecule has 0 aliphatic carbocycles. The number of imidazole rings is 1. The first kappa shape index (κ1) is 11.5. The molecule has 0 spiro atoms. The van der Waals surface area contributed by atoms with Gasteiger partial charge in [-0.2, -0.15) is 0 Å². The van der Waals surface area contributed by atoms with Crippen LogP contribution in [0.4, 0.5) is 10.5 Å². The van der Waals surface area contributed by atoms with E-state index in [1.54, 1.807) is 36.8 Å². The molecule has 1 aromatic carbocycles. The van der Waals surface area contributed by atoms with E-state index in [1.807, 2.05) is 6.07 Å². The molecule has 6 nitrogen and oxygen atoms in total. The molecule has 96 valence electrons. The van der Waals surface area contributed by atoms with Gasteiger partial charge in [0.1, 0.15) is 6.04 Å². The predicted octanol–water partition coefficient (Wildman–Crippen LogP) is 1.08. The molecule has 1 saturated heterocycles. The summed E-state index contributed by atoms with van der Waals surface area (Å²) in [6.45, 7) is 0. The van der Waals surface area contributed by atoms with Crippen LogP contribution in [-0.2, 0) is 11.2 Å². The third-order valence-corrected chi connectivity index (χ3v) is 3.01. The van der Waals surface area contributed by atoms with Crippen LogP contribution in [0.15, 0.2) is 42.9 Å². The topological polar surface area (TPSA) is 78.1 Å². The molecule has 2 N–H and O–H groups in total. The number of anilines is 1. The molecule has 0 bridgehead atoms. The molecule has 1 unspecified atom stereocenters. The summed E-state index contributed by atoms with van der Waals surface area (Å²) in [5, 5.41) is 2.68. The number of nitrogens with one attached hydrogen (secondary N) is 2. The Kier molecular flexibility index (Phi) is 2.75. The van der Waals surface area contributed by atoms with Gasteiger partial charge in [-0.25, -0.2) is 14.7 Å². The van der Waals surface area contributed by atoms with E-state index in [0.717, 1.165) is 5.69 Å². The first-order valence-electron chi connectivity index (χ1n) is 5.92. The number of carbonyl (C=O) groups is 2. The Hall–Kier alpha value is -2.63. The highest BCUT2D eigenvalue weighted by Gasteiger charge is 2.38. The van der Waals surface area contributed by atoms with Gasteiger partial charge in [0.15, 0.2) is 0 Å². The van der Waals surface area contributed by atoms with Gasteiger partial charge in [-0.15, -0.1) is 0 Å². The third kappa shape index (κ3) is 2.08. The number of benzene rings is 1. The van der Waals surface area contributed by atoms with Crippen LogP contribution in [0, 0.1) is 0 Å². The van der Waals surface area contributed by atoms with Crippen LogP contribution in [0.2, 0.25) is 0 Å². The normalized spacial score (nSPS) is 18.7. The molecule has 1 atom stereocenters. The molecule has 1 aliphatic rings. The fraction of sp³-hybridized carbons (Fsp3) is 0.154. The number of carbonyl (C=O) groups excluding carboxylic acids is 2. The lowest BCUT2D eigenvalue weighted by Gasteiger charge is -2.12. The number of para-hydroxylation sites is 1. The van der Waals surface area contributed by atoms with Gasteiger partial charge < -0.3 is 10.3 Å². The zero-order chi connectivity index (χ0) is 13.2. The highest BCUT2D eigenvalue weighted by atomic mass is 16.2. The van der Waals surface area contributed by atoms with Crippen LogP contribution in [0.5, 0.6) is 0 Å². The smallest absolute Gasteiger partial charge is 0.329 e. The van der Waals surface area contributed by atoms with Crippen molar-refractivity contribution in [2.24, 2.45) is 0 Å². The number of hydrogen-bond acceptors (Lipinski definition) is 3. The molecule has 0 saturated carbocycles. The predicted molar refractivity (Wildman–Crippen MR) is 68.5 cm³/mol. The van der Waals surface area contributed by atoms with Crippen molar-refractivity contribution in [1.82, 2.24) is 15.3 Å². The second kappa shape index (κ2) is 4.56. The van der Waals surface area contributed by atoms with E-state index in [-0.39, 0.29) is 11.9 Å². The molecule has 1 aromatic heterocycles. The van der Waals surface area contributed by atoms with Crippen LogP contribution in [-0.4, -0.2) is 27.9 Å². The van der Waals surface area contributed by atoms with Crippen LogP contribution in [0.25, 0.3) is 0 Å². The fourth-order valence-electron chi connectivity index (χ4n) is 2.11. The van der Waals surface area contributed by atoms with Crippen molar-refractivity contribution < 1.29 is 9.59 Å². The monoisotopic (exact) mass is 256 g/mol. The zero-order valence-corrected chi connectivity index (χ0v) is 10.0. The standard InChI is InChI=1S/C13H12N4O2/c18-12-11(6-9-7-14-8-15-9)16-13(19)17(12)10-4-2-1-3-5-10/h1-5,7-8,11H,6H2,(H,14,15)(H,16,19). The molecule has 2 aromatic rings. The van der Waals surface area contributed by atoms with Crippen molar-refractivity contribution in [2.45, 2.75) is 12.5 Å². The molecule has 19 heavy (non-hydrogen) atoms. The summed E-state index contributed by atoms with van der Waals surface area (Å²) in [7, 11) is 0. The molecule has 1 fully saturated rings. The minimum atomic E-state index is -0.548. The van der Waals surface area contributed by atoms with Crippen LogP contribution >= 0.6 is 0 Å². The van der Waals surface area contributed by atoms with Crippen LogP contribution < -0.4 is 10.2 Å². The van der Waals surface area contributed by atoms with Crippen molar-refractivity contribution >= 4 is 17.6 Å². The summed E-state index contributed by atoms with van der Waals surface area (Å²) in [5.74, 6) is -0.245. The van der Waals surface area contributed by atoms with Crippen molar-refractivity contribution in [1.29, 1.82) is 0 Å². The Morgan fingerprint density at radius 3 is 2.68 bits per heavy atom. The molecule has 3 amide bonds. The quantitative estimate of drug-likeness (QED) is 0.806. The number of amides is 3. The molecule has 6 heteroatoms. The minimum Gasteiger partial charge on any atom is -0.348 e. The number of rotatable bonds is 3. The molecular weight excluding hydrogens is 244 g/mol. The molecule has 3 rings (SSSR count). The average Bonchev–Trinajstić information content (AvgIpc) is 3.01. The Labute approximate surface area is 109 Å².